The maximum atomic E-state index is 11.5. The van der Waals surface area contributed by atoms with E-state index in [-0.39, 0.29) is 5.97 Å². The molecule has 0 saturated heterocycles. The van der Waals surface area contributed by atoms with E-state index in [1.165, 1.54) is 7.11 Å². The first-order valence-electron chi connectivity index (χ1n) is 5.65. The van der Waals surface area contributed by atoms with Gasteiger partial charge >= 0.3 is 5.97 Å². The average Bonchev–Trinajstić information content (AvgIpc) is 2.76. The van der Waals surface area contributed by atoms with Crippen molar-refractivity contribution in [3.63, 3.8) is 0 Å². The van der Waals surface area contributed by atoms with Gasteiger partial charge in [0.05, 0.1) is 24.4 Å². The van der Waals surface area contributed by atoms with Crippen molar-refractivity contribution in [2.45, 2.75) is 6.92 Å². The number of rotatable bonds is 1. The lowest BCUT2D eigenvalue weighted by Gasteiger charge is -1.99. The van der Waals surface area contributed by atoms with Gasteiger partial charge < -0.3 is 9.72 Å². The Balaban J connectivity index is 2.34. The van der Waals surface area contributed by atoms with Crippen LogP contribution < -0.4 is 0 Å². The SMILES string of the molecule is COC(=O)c1ccc2c(c1)[nH]c1cncc(C)c12. The van der Waals surface area contributed by atoms with Gasteiger partial charge in [0.1, 0.15) is 0 Å². The van der Waals surface area contributed by atoms with Crippen molar-refractivity contribution in [3.05, 3.63) is 41.7 Å². The van der Waals surface area contributed by atoms with Gasteiger partial charge in [-0.3, -0.25) is 4.98 Å². The van der Waals surface area contributed by atoms with E-state index in [1.807, 2.05) is 19.2 Å². The molecule has 0 amide bonds. The van der Waals surface area contributed by atoms with Crippen LogP contribution in [0.2, 0.25) is 0 Å². The smallest absolute Gasteiger partial charge is 0.337 e. The van der Waals surface area contributed by atoms with E-state index in [4.69, 9.17) is 4.74 Å². The number of fused-ring (bicyclic) bond motifs is 3. The molecule has 3 rings (SSSR count). The number of nitrogens with zero attached hydrogens (tertiary/aromatic N) is 1. The largest absolute Gasteiger partial charge is 0.465 e. The lowest BCUT2D eigenvalue weighted by molar-refractivity contribution is 0.0601. The van der Waals surface area contributed by atoms with Gasteiger partial charge in [-0.05, 0) is 24.6 Å². The highest BCUT2D eigenvalue weighted by Crippen LogP contribution is 2.28. The van der Waals surface area contributed by atoms with Crippen molar-refractivity contribution in [3.8, 4) is 0 Å². The quantitative estimate of drug-likeness (QED) is 0.665. The summed E-state index contributed by atoms with van der Waals surface area (Å²) in [4.78, 5) is 18.9. The lowest BCUT2D eigenvalue weighted by atomic mass is 10.1. The number of aromatic amines is 1. The number of nitrogens with one attached hydrogen (secondary N) is 1. The molecule has 4 heteroatoms. The molecule has 1 aromatic carbocycles. The number of hydrogen-bond acceptors (Lipinski definition) is 3. The minimum absolute atomic E-state index is 0.328. The fraction of sp³-hybridized carbons (Fsp3) is 0.143. The zero-order valence-corrected chi connectivity index (χ0v) is 10.2. The predicted molar refractivity (Wildman–Crippen MR) is 69.7 cm³/mol. The first-order valence-corrected chi connectivity index (χ1v) is 5.65. The third-order valence-corrected chi connectivity index (χ3v) is 3.11. The van der Waals surface area contributed by atoms with Crippen LogP contribution in [0, 0.1) is 6.92 Å². The van der Waals surface area contributed by atoms with Gasteiger partial charge in [0.2, 0.25) is 0 Å². The molecule has 0 radical (unpaired) electrons. The summed E-state index contributed by atoms with van der Waals surface area (Å²) in [5.74, 6) is -0.328. The molecule has 0 atom stereocenters. The lowest BCUT2D eigenvalue weighted by Crippen LogP contribution is -2.00. The van der Waals surface area contributed by atoms with Gasteiger partial charge in [0, 0.05) is 22.5 Å². The number of carbonyl (C=O) groups is 1. The maximum Gasteiger partial charge on any atom is 0.337 e. The Labute approximate surface area is 104 Å². The van der Waals surface area contributed by atoms with Gasteiger partial charge in [0.25, 0.3) is 0 Å². The Morgan fingerprint density at radius 1 is 1.28 bits per heavy atom. The van der Waals surface area contributed by atoms with Crippen LogP contribution in [0.15, 0.2) is 30.6 Å². The van der Waals surface area contributed by atoms with Crippen LogP contribution >= 0.6 is 0 Å². The number of pyridine rings is 1. The number of aromatic nitrogens is 2. The summed E-state index contributed by atoms with van der Waals surface area (Å²) < 4.78 is 4.72. The van der Waals surface area contributed by atoms with Gasteiger partial charge in [-0.15, -0.1) is 0 Å². The van der Waals surface area contributed by atoms with Crippen LogP contribution in [0.5, 0.6) is 0 Å². The van der Waals surface area contributed by atoms with Crippen molar-refractivity contribution >= 4 is 27.8 Å². The zero-order chi connectivity index (χ0) is 12.7. The number of hydrogen-bond donors (Lipinski definition) is 1. The number of ether oxygens (including phenoxy) is 1. The summed E-state index contributed by atoms with van der Waals surface area (Å²) in [5, 5.41) is 2.24. The van der Waals surface area contributed by atoms with Crippen LogP contribution in [0.1, 0.15) is 15.9 Å². The van der Waals surface area contributed by atoms with E-state index in [0.717, 1.165) is 27.4 Å². The third-order valence-electron chi connectivity index (χ3n) is 3.11. The minimum atomic E-state index is -0.328. The van der Waals surface area contributed by atoms with E-state index in [9.17, 15) is 4.79 Å². The second-order valence-corrected chi connectivity index (χ2v) is 4.26. The first kappa shape index (κ1) is 10.8. The van der Waals surface area contributed by atoms with Gasteiger partial charge in [-0.25, -0.2) is 4.79 Å². The molecule has 0 aliphatic rings. The Hall–Kier alpha value is -2.36. The highest BCUT2D eigenvalue weighted by Gasteiger charge is 2.10. The predicted octanol–water partition coefficient (Wildman–Crippen LogP) is 2.81. The van der Waals surface area contributed by atoms with Crippen LogP contribution in [-0.2, 0) is 4.74 Å². The molecule has 1 N–H and O–H groups in total. The summed E-state index contributed by atoms with van der Waals surface area (Å²) in [6.45, 7) is 2.02. The normalized spacial score (nSPS) is 11.0. The summed E-state index contributed by atoms with van der Waals surface area (Å²) >= 11 is 0. The van der Waals surface area contributed by atoms with E-state index in [0.29, 0.717) is 5.56 Å². The molecule has 3 aromatic rings. The van der Waals surface area contributed by atoms with Gasteiger partial charge in [-0.2, -0.15) is 0 Å². The minimum Gasteiger partial charge on any atom is -0.465 e. The molecule has 4 nitrogen and oxygen atoms in total. The fourth-order valence-electron chi connectivity index (χ4n) is 2.27. The Bertz CT molecular complexity index is 759. The number of carbonyl (C=O) groups excluding carboxylic acids is 1. The molecule has 0 unspecified atom stereocenters. The first-order chi connectivity index (χ1) is 8.70. The molecule has 18 heavy (non-hydrogen) atoms. The van der Waals surface area contributed by atoms with Crippen LogP contribution in [0.3, 0.4) is 0 Å². The number of benzene rings is 1. The number of esters is 1. The van der Waals surface area contributed by atoms with Crippen molar-refractivity contribution in [1.29, 1.82) is 0 Å². The average molecular weight is 240 g/mol. The van der Waals surface area contributed by atoms with Crippen molar-refractivity contribution < 1.29 is 9.53 Å². The van der Waals surface area contributed by atoms with Crippen LogP contribution in [-0.4, -0.2) is 23.0 Å². The topological polar surface area (TPSA) is 55.0 Å². The van der Waals surface area contributed by atoms with E-state index in [1.54, 1.807) is 18.3 Å². The van der Waals surface area contributed by atoms with E-state index >= 15 is 0 Å². The Morgan fingerprint density at radius 2 is 2.11 bits per heavy atom. The monoisotopic (exact) mass is 240 g/mol. The molecular weight excluding hydrogens is 228 g/mol. The highest BCUT2D eigenvalue weighted by atomic mass is 16.5. The van der Waals surface area contributed by atoms with Crippen LogP contribution in [0.4, 0.5) is 0 Å². The van der Waals surface area contributed by atoms with Gasteiger partial charge in [0.15, 0.2) is 0 Å². The summed E-state index contributed by atoms with van der Waals surface area (Å²) in [6, 6.07) is 5.52. The van der Waals surface area contributed by atoms with Gasteiger partial charge in [-0.1, -0.05) is 6.07 Å². The number of aryl methyl sites for hydroxylation is 1. The van der Waals surface area contributed by atoms with E-state index < -0.39 is 0 Å². The van der Waals surface area contributed by atoms with Crippen molar-refractivity contribution in [1.82, 2.24) is 9.97 Å². The third kappa shape index (κ3) is 1.46. The molecule has 0 aliphatic carbocycles. The van der Waals surface area contributed by atoms with Crippen LogP contribution in [0.25, 0.3) is 21.8 Å². The molecule has 0 aliphatic heterocycles. The fourth-order valence-corrected chi connectivity index (χ4v) is 2.27. The molecule has 0 bridgehead atoms. The Morgan fingerprint density at radius 3 is 2.89 bits per heavy atom. The molecule has 2 aromatic heterocycles. The second-order valence-electron chi connectivity index (χ2n) is 4.26. The molecular formula is C14H12N2O2. The zero-order valence-electron chi connectivity index (χ0n) is 10.2. The molecule has 90 valence electrons. The summed E-state index contributed by atoms with van der Waals surface area (Å²) in [7, 11) is 1.38. The van der Waals surface area contributed by atoms with Crippen molar-refractivity contribution in [2.75, 3.05) is 7.11 Å². The number of H-pyrrole nitrogens is 1. The molecule has 0 fully saturated rings. The number of methoxy groups -OCH3 is 1. The molecule has 0 spiro atoms. The highest BCUT2D eigenvalue weighted by molar-refractivity contribution is 6.10. The molecule has 0 saturated carbocycles. The standard InChI is InChI=1S/C14H12N2O2/c1-8-6-15-7-12-13(8)10-4-3-9(14(17)18-2)5-11(10)16-12/h3-7,16H,1-2H3. The maximum absolute atomic E-state index is 11.5. The van der Waals surface area contributed by atoms with Crippen molar-refractivity contribution in [2.24, 2.45) is 0 Å². The van der Waals surface area contributed by atoms with E-state index in [2.05, 4.69) is 9.97 Å². The summed E-state index contributed by atoms with van der Waals surface area (Å²) in [6.07, 6.45) is 3.63. The summed E-state index contributed by atoms with van der Waals surface area (Å²) in [5.41, 5.74) is 3.56. The Kier molecular flexibility index (Phi) is 2.30. The molecule has 2 heterocycles. The second kappa shape index (κ2) is 3.84.